The van der Waals surface area contributed by atoms with Gasteiger partial charge in [0.05, 0.1) is 17.6 Å². The van der Waals surface area contributed by atoms with Crippen LogP contribution in [0.2, 0.25) is 0 Å². The zero-order valence-corrected chi connectivity index (χ0v) is 12.0. The minimum atomic E-state index is -4.15. The quantitative estimate of drug-likeness (QED) is 0.917. The van der Waals surface area contributed by atoms with Gasteiger partial charge in [-0.05, 0) is 19.2 Å². The Morgan fingerprint density at radius 2 is 1.95 bits per heavy atom. The number of fused-ring (bicyclic) bond motifs is 1. The minimum Gasteiger partial charge on any atom is -0.374 e. The fraction of sp³-hybridized carbons (Fsp3) is 0.400. The second-order valence-electron chi connectivity index (χ2n) is 4.97. The summed E-state index contributed by atoms with van der Waals surface area (Å²) in [7, 11) is 3.49. The smallest absolute Gasteiger partial charge is 0.374 e. The molecule has 21 heavy (non-hydrogen) atoms. The number of hydrogen-bond acceptors (Lipinski definition) is 3. The summed E-state index contributed by atoms with van der Waals surface area (Å²) < 4.78 is 37.2. The second kappa shape index (κ2) is 6.30. The number of alkyl halides is 3. The summed E-state index contributed by atoms with van der Waals surface area (Å²) in [6, 6.07) is 9.33. The van der Waals surface area contributed by atoms with E-state index in [0.717, 1.165) is 22.3 Å². The lowest BCUT2D eigenvalue weighted by atomic mass is 10.1. The Bertz CT molecular complexity index is 611. The Hall–Kier alpha value is -1.82. The summed E-state index contributed by atoms with van der Waals surface area (Å²) in [5, 5.41) is 3.87. The topological polar surface area (TPSA) is 28.2 Å². The molecule has 1 heterocycles. The molecule has 0 saturated carbocycles. The van der Waals surface area contributed by atoms with Gasteiger partial charge < -0.3 is 10.2 Å². The van der Waals surface area contributed by atoms with E-state index in [0.29, 0.717) is 6.54 Å². The molecule has 0 fully saturated rings. The van der Waals surface area contributed by atoms with E-state index in [-0.39, 0.29) is 6.54 Å². The Labute approximate surface area is 121 Å². The molecule has 0 atom stereocenters. The lowest BCUT2D eigenvalue weighted by molar-refractivity contribution is -0.132. The standard InChI is InChI=1S/C15H18F3N3/c1-19-10-11-9-14(21(2)8-7-15(16,17)18)12-5-3-4-6-13(12)20-11/h3-6,9,19H,7-8,10H2,1-2H3. The van der Waals surface area contributed by atoms with Gasteiger partial charge in [-0.3, -0.25) is 4.98 Å². The highest BCUT2D eigenvalue weighted by atomic mass is 19.4. The molecule has 0 amide bonds. The van der Waals surface area contributed by atoms with Gasteiger partial charge in [-0.25, -0.2) is 0 Å². The Morgan fingerprint density at radius 3 is 2.62 bits per heavy atom. The average molecular weight is 297 g/mol. The van der Waals surface area contributed by atoms with Crippen molar-refractivity contribution in [3.8, 4) is 0 Å². The summed E-state index contributed by atoms with van der Waals surface area (Å²) in [6.07, 6.45) is -4.98. The number of anilines is 1. The second-order valence-corrected chi connectivity index (χ2v) is 4.97. The number of hydrogen-bond donors (Lipinski definition) is 1. The van der Waals surface area contributed by atoms with Crippen molar-refractivity contribution in [1.82, 2.24) is 10.3 Å². The maximum absolute atomic E-state index is 12.4. The average Bonchev–Trinajstić information content (AvgIpc) is 2.43. The normalized spacial score (nSPS) is 11.9. The number of halogens is 3. The highest BCUT2D eigenvalue weighted by molar-refractivity contribution is 5.91. The van der Waals surface area contributed by atoms with Crippen molar-refractivity contribution in [3.05, 3.63) is 36.0 Å². The van der Waals surface area contributed by atoms with Gasteiger partial charge in [0, 0.05) is 31.2 Å². The van der Waals surface area contributed by atoms with E-state index in [1.54, 1.807) is 11.9 Å². The van der Waals surface area contributed by atoms with Crippen LogP contribution in [0.15, 0.2) is 30.3 Å². The Kier molecular flexibility index (Phi) is 4.67. The molecule has 0 aliphatic carbocycles. The zero-order chi connectivity index (χ0) is 15.5. The van der Waals surface area contributed by atoms with Gasteiger partial charge in [0.2, 0.25) is 0 Å². The first-order chi connectivity index (χ1) is 9.90. The van der Waals surface area contributed by atoms with Crippen LogP contribution in [0.3, 0.4) is 0 Å². The van der Waals surface area contributed by atoms with E-state index in [4.69, 9.17) is 0 Å². The molecule has 1 N–H and O–H groups in total. The van der Waals surface area contributed by atoms with E-state index in [1.807, 2.05) is 37.4 Å². The third kappa shape index (κ3) is 4.07. The van der Waals surface area contributed by atoms with Crippen LogP contribution in [0.4, 0.5) is 18.9 Å². The van der Waals surface area contributed by atoms with E-state index >= 15 is 0 Å². The maximum atomic E-state index is 12.4. The van der Waals surface area contributed by atoms with Crippen LogP contribution in [0.25, 0.3) is 10.9 Å². The van der Waals surface area contributed by atoms with Crippen LogP contribution in [0.1, 0.15) is 12.1 Å². The van der Waals surface area contributed by atoms with Crippen molar-refractivity contribution in [1.29, 1.82) is 0 Å². The predicted molar refractivity (Wildman–Crippen MR) is 78.4 cm³/mol. The third-order valence-electron chi connectivity index (χ3n) is 3.25. The maximum Gasteiger partial charge on any atom is 0.390 e. The van der Waals surface area contributed by atoms with Gasteiger partial charge in [-0.1, -0.05) is 18.2 Å². The van der Waals surface area contributed by atoms with Gasteiger partial charge in [-0.2, -0.15) is 13.2 Å². The Morgan fingerprint density at radius 1 is 1.24 bits per heavy atom. The highest BCUT2D eigenvalue weighted by Gasteiger charge is 2.27. The molecule has 6 heteroatoms. The first-order valence-corrected chi connectivity index (χ1v) is 6.72. The molecule has 0 spiro atoms. The van der Waals surface area contributed by atoms with E-state index in [9.17, 15) is 13.2 Å². The van der Waals surface area contributed by atoms with Gasteiger partial charge in [0.1, 0.15) is 0 Å². The van der Waals surface area contributed by atoms with Crippen LogP contribution in [-0.4, -0.2) is 31.8 Å². The van der Waals surface area contributed by atoms with Crippen molar-refractivity contribution in [2.24, 2.45) is 0 Å². The number of para-hydroxylation sites is 1. The monoisotopic (exact) mass is 297 g/mol. The minimum absolute atomic E-state index is 0.0729. The number of aromatic nitrogens is 1. The molecular formula is C15H18F3N3. The fourth-order valence-electron chi connectivity index (χ4n) is 2.21. The van der Waals surface area contributed by atoms with Gasteiger partial charge in [0.25, 0.3) is 0 Å². The van der Waals surface area contributed by atoms with E-state index in [1.165, 1.54) is 0 Å². The Balaban J connectivity index is 2.36. The first-order valence-electron chi connectivity index (χ1n) is 6.72. The largest absolute Gasteiger partial charge is 0.390 e. The SMILES string of the molecule is CNCc1cc(N(C)CCC(F)(F)F)c2ccccc2n1. The lowest BCUT2D eigenvalue weighted by Crippen LogP contribution is -2.24. The highest BCUT2D eigenvalue weighted by Crippen LogP contribution is 2.28. The van der Waals surface area contributed by atoms with Crippen LogP contribution in [0.5, 0.6) is 0 Å². The van der Waals surface area contributed by atoms with E-state index < -0.39 is 12.6 Å². The van der Waals surface area contributed by atoms with Crippen molar-refractivity contribution in [2.75, 3.05) is 25.5 Å². The van der Waals surface area contributed by atoms with Crippen molar-refractivity contribution in [2.45, 2.75) is 19.1 Å². The van der Waals surface area contributed by atoms with Crippen LogP contribution < -0.4 is 10.2 Å². The lowest BCUT2D eigenvalue weighted by Gasteiger charge is -2.22. The summed E-state index contributed by atoms with van der Waals surface area (Å²) in [6.45, 7) is 0.501. The van der Waals surface area contributed by atoms with Gasteiger partial charge >= 0.3 is 6.18 Å². The molecule has 0 aliphatic heterocycles. The summed E-state index contributed by atoms with van der Waals surface area (Å²) in [4.78, 5) is 6.14. The van der Waals surface area contributed by atoms with E-state index in [2.05, 4.69) is 10.3 Å². The zero-order valence-electron chi connectivity index (χ0n) is 12.0. The number of nitrogens with zero attached hydrogens (tertiary/aromatic N) is 2. The molecule has 1 aromatic carbocycles. The number of benzene rings is 1. The predicted octanol–water partition coefficient (Wildman–Crippen LogP) is 3.34. The van der Waals surface area contributed by atoms with Gasteiger partial charge in [0.15, 0.2) is 0 Å². The number of nitrogens with one attached hydrogen (secondary N) is 1. The molecule has 114 valence electrons. The van der Waals surface area contributed by atoms with Crippen molar-refractivity contribution in [3.63, 3.8) is 0 Å². The van der Waals surface area contributed by atoms with Crippen LogP contribution >= 0.6 is 0 Å². The summed E-state index contributed by atoms with van der Waals surface area (Å²) in [5.74, 6) is 0. The van der Waals surface area contributed by atoms with Crippen LogP contribution in [-0.2, 0) is 6.54 Å². The van der Waals surface area contributed by atoms with Gasteiger partial charge in [-0.15, -0.1) is 0 Å². The number of rotatable bonds is 5. The fourth-order valence-corrected chi connectivity index (χ4v) is 2.21. The van der Waals surface area contributed by atoms with Crippen LogP contribution in [0, 0.1) is 0 Å². The summed E-state index contributed by atoms with van der Waals surface area (Å²) in [5.41, 5.74) is 2.37. The molecule has 0 radical (unpaired) electrons. The first kappa shape index (κ1) is 15.6. The van der Waals surface area contributed by atoms with Crippen molar-refractivity contribution >= 4 is 16.6 Å². The molecule has 0 saturated heterocycles. The molecule has 2 rings (SSSR count). The molecule has 0 bridgehead atoms. The molecule has 0 unspecified atom stereocenters. The number of pyridine rings is 1. The molecule has 0 aliphatic rings. The molecule has 1 aromatic heterocycles. The van der Waals surface area contributed by atoms with Crippen molar-refractivity contribution < 1.29 is 13.2 Å². The summed E-state index contributed by atoms with van der Waals surface area (Å²) >= 11 is 0. The molecule has 3 nitrogen and oxygen atoms in total. The third-order valence-corrected chi connectivity index (χ3v) is 3.25. The molecule has 2 aromatic rings. The molecular weight excluding hydrogens is 279 g/mol.